The minimum absolute atomic E-state index is 0.120. The molecule has 0 unspecified atom stereocenters. The average molecular weight is 420 g/mol. The zero-order valence-electron chi connectivity index (χ0n) is 15.6. The van der Waals surface area contributed by atoms with E-state index in [2.05, 4.69) is 0 Å². The first-order valence-electron chi connectivity index (χ1n) is 9.02. The molecule has 7 heteroatoms. The van der Waals surface area contributed by atoms with Gasteiger partial charge in [0.1, 0.15) is 5.82 Å². The van der Waals surface area contributed by atoms with Crippen LogP contribution in [0, 0.1) is 5.82 Å². The van der Waals surface area contributed by atoms with E-state index >= 15 is 0 Å². The molecule has 0 aromatic heterocycles. The van der Waals surface area contributed by atoms with Crippen molar-refractivity contribution in [2.75, 3.05) is 25.2 Å². The molecule has 3 rings (SSSR count). The van der Waals surface area contributed by atoms with Gasteiger partial charge in [-0.3, -0.25) is 4.79 Å². The Morgan fingerprint density at radius 2 is 1.79 bits per heavy atom. The lowest BCUT2D eigenvalue weighted by atomic mass is 10.1. The number of halogens is 1. The quantitative estimate of drug-likeness (QED) is 0.645. The van der Waals surface area contributed by atoms with Crippen LogP contribution in [0.25, 0.3) is 0 Å². The van der Waals surface area contributed by atoms with E-state index in [0.717, 1.165) is 11.5 Å². The van der Waals surface area contributed by atoms with Gasteiger partial charge >= 0.3 is 5.97 Å². The zero-order chi connectivity index (χ0) is 19.9. The Morgan fingerprint density at radius 1 is 1.11 bits per heavy atom. The predicted octanol–water partition coefficient (Wildman–Crippen LogP) is 4.51. The van der Waals surface area contributed by atoms with Crippen molar-refractivity contribution >= 4 is 35.4 Å². The monoisotopic (exact) mass is 419 g/mol. The number of esters is 1. The van der Waals surface area contributed by atoms with Gasteiger partial charge in [-0.1, -0.05) is 30.3 Å². The molecule has 0 spiro atoms. The van der Waals surface area contributed by atoms with Crippen LogP contribution in [0.5, 0.6) is 0 Å². The summed E-state index contributed by atoms with van der Waals surface area (Å²) in [6.45, 7) is -0.256. The van der Waals surface area contributed by atoms with Crippen molar-refractivity contribution < 1.29 is 18.7 Å². The first-order valence-corrected chi connectivity index (χ1v) is 11.1. The number of carbonyl (C=O) groups is 2. The van der Waals surface area contributed by atoms with Gasteiger partial charge in [0, 0.05) is 19.2 Å². The molecule has 4 nitrogen and oxygen atoms in total. The van der Waals surface area contributed by atoms with Gasteiger partial charge in [-0.2, -0.15) is 0 Å². The van der Waals surface area contributed by atoms with Crippen LogP contribution in [-0.4, -0.2) is 41.9 Å². The number of carbonyl (C=O) groups excluding carboxylic acids is 2. The standard InChI is InChI=1S/C21H22FNO3S2/c1-23(13-17-5-2-3-6-18(17)22)19(24)14-26-20(25)15-7-9-16(10-8-15)21-27-11-4-12-28-21/h2-3,5-10,21H,4,11-14H2,1H3. The number of rotatable bonds is 6. The van der Waals surface area contributed by atoms with E-state index < -0.39 is 5.97 Å². The van der Waals surface area contributed by atoms with E-state index in [1.807, 2.05) is 35.7 Å². The van der Waals surface area contributed by atoms with E-state index in [1.165, 1.54) is 23.0 Å². The molecule has 0 atom stereocenters. The molecule has 1 fully saturated rings. The molecule has 28 heavy (non-hydrogen) atoms. The normalized spacial score (nSPS) is 14.5. The van der Waals surface area contributed by atoms with Crippen molar-refractivity contribution in [1.29, 1.82) is 0 Å². The Morgan fingerprint density at radius 3 is 2.46 bits per heavy atom. The van der Waals surface area contributed by atoms with E-state index in [9.17, 15) is 14.0 Å². The highest BCUT2D eigenvalue weighted by atomic mass is 32.2. The van der Waals surface area contributed by atoms with Gasteiger partial charge in [0.25, 0.3) is 5.91 Å². The van der Waals surface area contributed by atoms with Crippen molar-refractivity contribution in [3.63, 3.8) is 0 Å². The summed E-state index contributed by atoms with van der Waals surface area (Å²) in [4.78, 5) is 25.7. The number of benzene rings is 2. The van der Waals surface area contributed by atoms with Crippen molar-refractivity contribution in [1.82, 2.24) is 4.90 Å². The van der Waals surface area contributed by atoms with Gasteiger partial charge in [0.2, 0.25) is 0 Å². The summed E-state index contributed by atoms with van der Waals surface area (Å²) >= 11 is 3.84. The van der Waals surface area contributed by atoms with Gasteiger partial charge in [-0.25, -0.2) is 9.18 Å². The van der Waals surface area contributed by atoms with E-state index in [1.54, 1.807) is 37.4 Å². The maximum absolute atomic E-state index is 13.7. The number of hydrogen-bond acceptors (Lipinski definition) is 5. The Kier molecular flexibility index (Phi) is 7.39. The number of ether oxygens (including phenoxy) is 1. The average Bonchev–Trinajstić information content (AvgIpc) is 2.74. The van der Waals surface area contributed by atoms with E-state index in [4.69, 9.17) is 4.74 Å². The van der Waals surface area contributed by atoms with Gasteiger partial charge in [0.05, 0.1) is 10.1 Å². The minimum Gasteiger partial charge on any atom is -0.452 e. The third-order valence-corrected chi connectivity index (χ3v) is 7.38. The summed E-state index contributed by atoms with van der Waals surface area (Å²) in [5.74, 6) is 1.02. The zero-order valence-corrected chi connectivity index (χ0v) is 17.2. The highest BCUT2D eigenvalue weighted by Crippen LogP contribution is 2.43. The van der Waals surface area contributed by atoms with Crippen LogP contribution in [0.4, 0.5) is 4.39 Å². The van der Waals surface area contributed by atoms with Gasteiger partial charge in [-0.05, 0) is 41.7 Å². The molecule has 0 radical (unpaired) electrons. The fraction of sp³-hybridized carbons (Fsp3) is 0.333. The number of amides is 1. The second kappa shape index (κ2) is 9.98. The molecule has 2 aromatic rings. The molecule has 1 heterocycles. The predicted molar refractivity (Wildman–Crippen MR) is 112 cm³/mol. The second-order valence-electron chi connectivity index (χ2n) is 6.47. The van der Waals surface area contributed by atoms with Crippen molar-refractivity contribution in [3.8, 4) is 0 Å². The van der Waals surface area contributed by atoms with Crippen LogP contribution in [0.15, 0.2) is 48.5 Å². The fourth-order valence-corrected chi connectivity index (χ4v) is 5.64. The lowest BCUT2D eigenvalue weighted by Gasteiger charge is -2.21. The molecule has 148 valence electrons. The van der Waals surface area contributed by atoms with E-state index in [0.29, 0.717) is 15.7 Å². The number of hydrogen-bond donors (Lipinski definition) is 0. The lowest BCUT2D eigenvalue weighted by molar-refractivity contribution is -0.133. The summed E-state index contributed by atoms with van der Waals surface area (Å²) in [5, 5.41) is 0. The third-order valence-electron chi connectivity index (χ3n) is 4.36. The number of likely N-dealkylation sites (N-methyl/N-ethyl adjacent to an activating group) is 1. The van der Waals surface area contributed by atoms with Crippen LogP contribution in [0.3, 0.4) is 0 Å². The molecule has 0 saturated carbocycles. The van der Waals surface area contributed by atoms with Crippen molar-refractivity contribution in [2.24, 2.45) is 0 Å². The largest absolute Gasteiger partial charge is 0.452 e. The molecule has 1 saturated heterocycles. The number of nitrogens with zero attached hydrogens (tertiary/aromatic N) is 1. The summed E-state index contributed by atoms with van der Waals surface area (Å²) in [6, 6.07) is 13.6. The summed E-state index contributed by atoms with van der Waals surface area (Å²) in [6.07, 6.45) is 1.23. The van der Waals surface area contributed by atoms with Gasteiger partial charge in [0.15, 0.2) is 6.61 Å². The highest BCUT2D eigenvalue weighted by Gasteiger charge is 2.18. The van der Waals surface area contributed by atoms with Gasteiger partial charge in [-0.15, -0.1) is 23.5 Å². The number of thioether (sulfide) groups is 2. The van der Waals surface area contributed by atoms with Crippen molar-refractivity contribution in [2.45, 2.75) is 17.5 Å². The van der Waals surface area contributed by atoms with Crippen molar-refractivity contribution in [3.05, 3.63) is 71.0 Å². The molecule has 1 amide bonds. The Bertz CT molecular complexity index is 823. The van der Waals surface area contributed by atoms with Gasteiger partial charge < -0.3 is 9.64 Å². The Hall–Kier alpha value is -1.99. The van der Waals surface area contributed by atoms with E-state index in [-0.39, 0.29) is 24.9 Å². The Labute approximate surface area is 172 Å². The molecule has 0 bridgehead atoms. The van der Waals surface area contributed by atoms with Crippen LogP contribution >= 0.6 is 23.5 Å². The SMILES string of the molecule is CN(Cc1ccccc1F)C(=O)COC(=O)c1ccc(C2SCCCS2)cc1. The first kappa shape index (κ1) is 20.7. The second-order valence-corrected chi connectivity index (χ2v) is 9.19. The molecule has 0 aliphatic carbocycles. The topological polar surface area (TPSA) is 46.6 Å². The van der Waals surface area contributed by atoms with Crippen LogP contribution in [0.1, 0.15) is 32.5 Å². The maximum atomic E-state index is 13.7. The lowest BCUT2D eigenvalue weighted by Crippen LogP contribution is -2.31. The van der Waals surface area contributed by atoms with Crippen LogP contribution < -0.4 is 0 Å². The third kappa shape index (κ3) is 5.52. The minimum atomic E-state index is -0.539. The Balaban J connectivity index is 1.50. The molecule has 0 N–H and O–H groups in total. The smallest absolute Gasteiger partial charge is 0.338 e. The first-order chi connectivity index (χ1) is 13.5. The molecular formula is C21H22FNO3S2. The van der Waals surface area contributed by atoms with Crippen LogP contribution in [-0.2, 0) is 16.1 Å². The fourth-order valence-electron chi connectivity index (χ4n) is 2.75. The maximum Gasteiger partial charge on any atom is 0.338 e. The molecular weight excluding hydrogens is 397 g/mol. The molecule has 1 aliphatic rings. The summed E-state index contributed by atoms with van der Waals surface area (Å²) < 4.78 is 19.2. The van der Waals surface area contributed by atoms with Crippen LogP contribution in [0.2, 0.25) is 0 Å². The summed E-state index contributed by atoms with van der Waals surface area (Å²) in [5.41, 5.74) is 2.02. The highest BCUT2D eigenvalue weighted by molar-refractivity contribution is 8.16. The summed E-state index contributed by atoms with van der Waals surface area (Å²) in [7, 11) is 1.55. The molecule has 1 aliphatic heterocycles. The molecule has 2 aromatic carbocycles.